The third-order valence-corrected chi connectivity index (χ3v) is 9.76. The minimum absolute atomic E-state index is 0.283. The largest absolute Gasteiger partial charge is 0.384 e. The first-order valence-electron chi connectivity index (χ1n) is 12.6. The predicted octanol–water partition coefficient (Wildman–Crippen LogP) is 4.63. The van der Waals surface area contributed by atoms with Crippen LogP contribution in [0.25, 0.3) is 0 Å². The maximum Gasteiger partial charge on any atom is 0.229 e. The maximum atomic E-state index is 12.9. The van der Waals surface area contributed by atoms with Crippen molar-refractivity contribution in [3.8, 4) is 0 Å². The fourth-order valence-corrected chi connectivity index (χ4v) is 7.67. The van der Waals surface area contributed by atoms with Gasteiger partial charge in [-0.05, 0) is 81.5 Å². The summed E-state index contributed by atoms with van der Waals surface area (Å²) in [5.74, 6) is 1.20. The van der Waals surface area contributed by atoms with E-state index < -0.39 is 18.7 Å². The van der Waals surface area contributed by atoms with Gasteiger partial charge >= 0.3 is 0 Å². The molecule has 7 nitrogen and oxygen atoms in total. The first-order valence-corrected chi connectivity index (χ1v) is 14.5. The van der Waals surface area contributed by atoms with E-state index in [2.05, 4.69) is 34.6 Å². The lowest BCUT2D eigenvalue weighted by atomic mass is 9.79. The van der Waals surface area contributed by atoms with Crippen molar-refractivity contribution in [1.82, 2.24) is 5.32 Å². The van der Waals surface area contributed by atoms with E-state index in [0.717, 1.165) is 37.0 Å². The molecule has 0 saturated heterocycles. The SMILES string of the molecule is CC1(C)OC2(C)N=CNC(N)=C2N=C1c1ccc(C2CCC(CP(=O)(O)c3ccccc3)CC2)cc1. The van der Waals surface area contributed by atoms with E-state index in [4.69, 9.17) is 15.5 Å². The van der Waals surface area contributed by atoms with Crippen LogP contribution < -0.4 is 16.4 Å². The number of rotatable bonds is 5. The Kier molecular flexibility index (Phi) is 6.44. The van der Waals surface area contributed by atoms with Gasteiger partial charge in [0.15, 0.2) is 0 Å². The molecule has 2 unspecified atom stereocenters. The van der Waals surface area contributed by atoms with Gasteiger partial charge in [0.1, 0.15) is 17.1 Å². The predicted molar refractivity (Wildman–Crippen MR) is 145 cm³/mol. The topological polar surface area (TPSA) is 109 Å². The van der Waals surface area contributed by atoms with Crippen LogP contribution in [0.2, 0.25) is 0 Å². The normalized spacial score (nSPS) is 29.1. The Hall–Kier alpha value is -2.73. The molecule has 2 aromatic rings. The Morgan fingerprint density at radius 3 is 2.39 bits per heavy atom. The Morgan fingerprint density at radius 2 is 1.72 bits per heavy atom. The van der Waals surface area contributed by atoms with Crippen molar-refractivity contribution < 1.29 is 14.2 Å². The Morgan fingerprint density at radius 1 is 1.06 bits per heavy atom. The van der Waals surface area contributed by atoms with Crippen LogP contribution >= 0.6 is 7.37 Å². The van der Waals surface area contributed by atoms with Gasteiger partial charge in [-0.2, -0.15) is 0 Å². The summed E-state index contributed by atoms with van der Waals surface area (Å²) in [5.41, 5.74) is 8.35. The summed E-state index contributed by atoms with van der Waals surface area (Å²) < 4.78 is 19.3. The molecule has 2 heterocycles. The number of fused-ring (bicyclic) bond motifs is 1. The first-order chi connectivity index (χ1) is 17.1. The molecule has 2 aliphatic heterocycles. The molecular formula is C28H35N4O3P. The lowest BCUT2D eigenvalue weighted by Gasteiger charge is -2.42. The standard InChI is InChI=1S/C28H35N4O3P/c1-27(2)24(32-25-26(29)30-18-31-28(25,3)35-27)22-15-13-21(14-16-22)20-11-9-19(10-12-20)17-36(33,34)23-7-5-4-6-8-23/h4-8,13-16,18-20H,9-12,17,29H2,1-3H3,(H,30,31)(H,33,34). The average Bonchev–Trinajstić information content (AvgIpc) is 2.84. The molecule has 2 atom stereocenters. The number of ether oxygens (including phenoxy) is 1. The van der Waals surface area contributed by atoms with Crippen LogP contribution in [-0.4, -0.2) is 34.4 Å². The third kappa shape index (κ3) is 4.80. The zero-order valence-corrected chi connectivity index (χ0v) is 22.0. The minimum Gasteiger partial charge on any atom is -0.384 e. The highest BCUT2D eigenvalue weighted by atomic mass is 31.2. The van der Waals surface area contributed by atoms with Crippen molar-refractivity contribution in [2.45, 2.75) is 63.7 Å². The van der Waals surface area contributed by atoms with Crippen LogP contribution in [0, 0.1) is 5.92 Å². The molecular weight excluding hydrogens is 471 g/mol. The molecule has 5 rings (SSSR count). The second kappa shape index (κ2) is 9.29. The lowest BCUT2D eigenvalue weighted by molar-refractivity contribution is -0.0781. The number of benzene rings is 2. The molecule has 0 radical (unpaired) electrons. The monoisotopic (exact) mass is 506 g/mol. The Labute approximate surface area is 213 Å². The van der Waals surface area contributed by atoms with Gasteiger partial charge in [-0.15, -0.1) is 0 Å². The van der Waals surface area contributed by atoms with Gasteiger partial charge in [-0.25, -0.2) is 9.98 Å². The van der Waals surface area contributed by atoms with Gasteiger partial charge in [0.25, 0.3) is 0 Å². The van der Waals surface area contributed by atoms with Gasteiger partial charge in [0.05, 0.1) is 12.1 Å². The van der Waals surface area contributed by atoms with Crippen LogP contribution in [0.3, 0.4) is 0 Å². The summed E-state index contributed by atoms with van der Waals surface area (Å²) in [6, 6.07) is 17.7. The minimum atomic E-state index is -3.31. The quantitative estimate of drug-likeness (QED) is 0.513. The molecule has 3 aliphatic rings. The van der Waals surface area contributed by atoms with E-state index in [-0.39, 0.29) is 5.92 Å². The van der Waals surface area contributed by atoms with Crippen molar-refractivity contribution >= 4 is 24.7 Å². The summed E-state index contributed by atoms with van der Waals surface area (Å²) in [6.45, 7) is 5.89. The zero-order chi connectivity index (χ0) is 25.6. The van der Waals surface area contributed by atoms with E-state index in [0.29, 0.717) is 28.9 Å². The second-order valence-corrected chi connectivity index (χ2v) is 13.1. The summed E-state index contributed by atoms with van der Waals surface area (Å²) >= 11 is 0. The molecule has 1 fully saturated rings. The van der Waals surface area contributed by atoms with Gasteiger partial charge < -0.3 is 20.7 Å². The number of hydrogen-bond donors (Lipinski definition) is 3. The molecule has 0 bridgehead atoms. The maximum absolute atomic E-state index is 12.9. The first kappa shape index (κ1) is 24.9. The van der Waals surface area contributed by atoms with Crippen LogP contribution in [0.5, 0.6) is 0 Å². The van der Waals surface area contributed by atoms with E-state index in [1.54, 1.807) is 18.5 Å². The average molecular weight is 507 g/mol. The van der Waals surface area contributed by atoms with Crippen LogP contribution in [0.1, 0.15) is 63.5 Å². The van der Waals surface area contributed by atoms with Gasteiger partial charge in [0.2, 0.25) is 13.1 Å². The molecule has 4 N–H and O–H groups in total. The van der Waals surface area contributed by atoms with Crippen molar-refractivity contribution in [1.29, 1.82) is 0 Å². The molecule has 1 aliphatic carbocycles. The number of aliphatic imine (C=N–C) groups is 2. The molecule has 0 spiro atoms. The molecule has 8 heteroatoms. The number of hydrogen-bond acceptors (Lipinski definition) is 6. The molecule has 2 aromatic carbocycles. The van der Waals surface area contributed by atoms with Gasteiger partial charge in [0, 0.05) is 11.5 Å². The summed E-state index contributed by atoms with van der Waals surface area (Å²) in [5, 5.41) is 3.49. The van der Waals surface area contributed by atoms with Crippen molar-refractivity contribution in [2.24, 2.45) is 21.6 Å². The van der Waals surface area contributed by atoms with Crippen molar-refractivity contribution in [3.05, 3.63) is 77.2 Å². The highest BCUT2D eigenvalue weighted by molar-refractivity contribution is 7.66. The van der Waals surface area contributed by atoms with Crippen molar-refractivity contribution in [3.63, 3.8) is 0 Å². The number of nitrogens with zero attached hydrogens (tertiary/aromatic N) is 2. The van der Waals surface area contributed by atoms with Gasteiger partial charge in [-0.3, -0.25) is 4.57 Å². The molecule has 1 saturated carbocycles. The zero-order valence-electron chi connectivity index (χ0n) is 21.1. The molecule has 190 valence electrons. The highest BCUT2D eigenvalue weighted by Gasteiger charge is 2.46. The Balaban J connectivity index is 1.27. The highest BCUT2D eigenvalue weighted by Crippen LogP contribution is 2.46. The van der Waals surface area contributed by atoms with E-state index in [1.807, 2.05) is 39.0 Å². The van der Waals surface area contributed by atoms with Crippen molar-refractivity contribution in [2.75, 3.05) is 6.16 Å². The van der Waals surface area contributed by atoms with E-state index in [9.17, 15) is 9.46 Å². The number of nitrogens with two attached hydrogens (primary N) is 1. The van der Waals surface area contributed by atoms with E-state index >= 15 is 0 Å². The van der Waals surface area contributed by atoms with Crippen LogP contribution in [0.4, 0.5) is 0 Å². The van der Waals surface area contributed by atoms with Crippen LogP contribution in [-0.2, 0) is 9.30 Å². The molecule has 0 aromatic heterocycles. The molecule has 36 heavy (non-hydrogen) atoms. The fourth-order valence-electron chi connectivity index (χ4n) is 5.75. The van der Waals surface area contributed by atoms with E-state index in [1.165, 1.54) is 5.56 Å². The second-order valence-electron chi connectivity index (χ2n) is 10.8. The fraction of sp³-hybridized carbons (Fsp3) is 0.429. The van der Waals surface area contributed by atoms with Gasteiger partial charge in [-0.1, -0.05) is 42.5 Å². The lowest BCUT2D eigenvalue weighted by Crippen LogP contribution is -2.52. The number of nitrogens with one attached hydrogen (secondary N) is 1. The summed E-state index contributed by atoms with van der Waals surface area (Å²) in [7, 11) is -3.31. The van der Waals surface area contributed by atoms with Crippen LogP contribution in [0.15, 0.2) is 76.1 Å². The third-order valence-electron chi connectivity index (χ3n) is 7.64. The summed E-state index contributed by atoms with van der Waals surface area (Å²) in [4.78, 5) is 20.0. The smallest absolute Gasteiger partial charge is 0.229 e. The summed E-state index contributed by atoms with van der Waals surface area (Å²) in [6.07, 6.45) is 5.92. The molecule has 0 amide bonds. The Bertz CT molecular complexity index is 1260.